The van der Waals surface area contributed by atoms with Crippen LogP contribution in [0.15, 0.2) is 53.0 Å². The van der Waals surface area contributed by atoms with Gasteiger partial charge in [-0.25, -0.2) is 0 Å². The molecule has 0 atom stereocenters. The Balaban J connectivity index is 1.59. The van der Waals surface area contributed by atoms with Crippen molar-refractivity contribution in [3.63, 3.8) is 0 Å². The van der Waals surface area contributed by atoms with Crippen molar-refractivity contribution in [2.24, 2.45) is 0 Å². The highest BCUT2D eigenvalue weighted by atomic mass is 79.9. The number of methoxy groups -OCH3 is 1. The van der Waals surface area contributed by atoms with Crippen molar-refractivity contribution in [3.8, 4) is 5.75 Å². The summed E-state index contributed by atoms with van der Waals surface area (Å²) < 4.78 is 6.27. The first-order chi connectivity index (χ1) is 13.5. The van der Waals surface area contributed by atoms with Crippen molar-refractivity contribution in [3.05, 3.63) is 64.1 Å². The number of ketones is 1. The second-order valence-corrected chi connectivity index (χ2v) is 7.55. The maximum absolute atomic E-state index is 12.5. The van der Waals surface area contributed by atoms with Crippen molar-refractivity contribution in [1.82, 2.24) is 4.90 Å². The monoisotopic (exact) mass is 442 g/mol. The second-order valence-electron chi connectivity index (χ2n) is 6.63. The Morgan fingerprint density at radius 2 is 1.71 bits per heavy atom. The van der Waals surface area contributed by atoms with E-state index in [1.807, 2.05) is 47.4 Å². The molecule has 2 aromatic carbocycles. The van der Waals surface area contributed by atoms with Crippen LogP contribution in [0.4, 0.5) is 5.69 Å². The van der Waals surface area contributed by atoms with Crippen LogP contribution in [0.3, 0.4) is 0 Å². The number of rotatable bonds is 5. The highest BCUT2D eigenvalue weighted by Crippen LogP contribution is 2.24. The summed E-state index contributed by atoms with van der Waals surface area (Å²) in [5, 5.41) is 0. The Kier molecular flexibility index (Phi) is 6.52. The van der Waals surface area contributed by atoms with Crippen LogP contribution < -0.4 is 9.64 Å². The number of amides is 1. The number of piperazine rings is 1. The largest absolute Gasteiger partial charge is 0.496 e. The Bertz CT molecular complexity index is 885. The molecule has 2 aromatic rings. The van der Waals surface area contributed by atoms with Gasteiger partial charge >= 0.3 is 0 Å². The highest BCUT2D eigenvalue weighted by molar-refractivity contribution is 9.10. The van der Waals surface area contributed by atoms with Crippen LogP contribution >= 0.6 is 15.9 Å². The van der Waals surface area contributed by atoms with Crippen LogP contribution in [-0.4, -0.2) is 49.9 Å². The van der Waals surface area contributed by atoms with Crippen molar-refractivity contribution in [2.75, 3.05) is 38.2 Å². The molecule has 0 saturated carbocycles. The van der Waals surface area contributed by atoms with Gasteiger partial charge in [0.05, 0.1) is 7.11 Å². The molecule has 6 heteroatoms. The number of Topliss-reactive ketones (excluding diaryl/α,β-unsaturated/α-hetero) is 1. The number of carbonyl (C=O) groups excluding carboxylic acids is 2. The van der Waals surface area contributed by atoms with Gasteiger partial charge in [0, 0.05) is 53.5 Å². The predicted octanol–water partition coefficient (Wildman–Crippen LogP) is 4.02. The number of carbonyl (C=O) groups is 2. The minimum absolute atomic E-state index is 0.00592. The Labute approximate surface area is 173 Å². The quantitative estimate of drug-likeness (QED) is 0.518. The van der Waals surface area contributed by atoms with Crippen LogP contribution in [0.2, 0.25) is 0 Å². The molecular formula is C22H23BrN2O3. The van der Waals surface area contributed by atoms with E-state index in [-0.39, 0.29) is 11.7 Å². The maximum atomic E-state index is 12.5. The molecule has 5 nitrogen and oxygen atoms in total. The van der Waals surface area contributed by atoms with Gasteiger partial charge in [-0.15, -0.1) is 0 Å². The molecule has 1 aliphatic rings. The van der Waals surface area contributed by atoms with Crippen LogP contribution in [0.5, 0.6) is 5.75 Å². The van der Waals surface area contributed by atoms with Gasteiger partial charge in [0.25, 0.3) is 0 Å². The fourth-order valence-electron chi connectivity index (χ4n) is 3.19. The topological polar surface area (TPSA) is 49.9 Å². The van der Waals surface area contributed by atoms with Crippen molar-refractivity contribution in [1.29, 1.82) is 0 Å². The summed E-state index contributed by atoms with van der Waals surface area (Å²) in [7, 11) is 1.62. The van der Waals surface area contributed by atoms with Crippen LogP contribution in [-0.2, 0) is 4.79 Å². The third-order valence-electron chi connectivity index (χ3n) is 4.83. The molecule has 1 amide bonds. The molecule has 0 aliphatic carbocycles. The number of halogens is 1. The number of nitrogens with zero attached hydrogens (tertiary/aromatic N) is 2. The fraction of sp³-hybridized carbons (Fsp3) is 0.273. The molecule has 0 unspecified atom stereocenters. The summed E-state index contributed by atoms with van der Waals surface area (Å²) >= 11 is 3.44. The van der Waals surface area contributed by atoms with Crippen LogP contribution in [0.25, 0.3) is 6.08 Å². The summed E-state index contributed by atoms with van der Waals surface area (Å²) in [4.78, 5) is 28.0. The van der Waals surface area contributed by atoms with E-state index in [4.69, 9.17) is 4.74 Å². The van der Waals surface area contributed by atoms with Gasteiger partial charge in [-0.05, 0) is 55.5 Å². The summed E-state index contributed by atoms with van der Waals surface area (Å²) in [6.45, 7) is 4.41. The minimum Gasteiger partial charge on any atom is -0.496 e. The molecular weight excluding hydrogens is 420 g/mol. The molecule has 0 spiro atoms. The van der Waals surface area contributed by atoms with Crippen LogP contribution in [0, 0.1) is 0 Å². The molecule has 1 heterocycles. The average molecular weight is 443 g/mol. The zero-order valence-corrected chi connectivity index (χ0v) is 17.6. The number of hydrogen-bond donors (Lipinski definition) is 0. The smallest absolute Gasteiger partial charge is 0.246 e. The zero-order valence-electron chi connectivity index (χ0n) is 16.0. The predicted molar refractivity (Wildman–Crippen MR) is 115 cm³/mol. The fourth-order valence-corrected chi connectivity index (χ4v) is 3.57. The highest BCUT2D eigenvalue weighted by Gasteiger charge is 2.20. The molecule has 3 rings (SSSR count). The van der Waals surface area contributed by atoms with Crippen molar-refractivity contribution < 1.29 is 14.3 Å². The molecule has 0 N–H and O–H groups in total. The van der Waals surface area contributed by atoms with E-state index >= 15 is 0 Å². The van der Waals surface area contributed by atoms with Gasteiger partial charge in [0.1, 0.15) is 5.75 Å². The van der Waals surface area contributed by atoms with E-state index in [0.29, 0.717) is 18.7 Å². The summed E-state index contributed by atoms with van der Waals surface area (Å²) in [5.74, 6) is 0.788. The van der Waals surface area contributed by atoms with Crippen LogP contribution in [0.1, 0.15) is 22.8 Å². The first kappa shape index (κ1) is 20.1. The van der Waals surface area contributed by atoms with Gasteiger partial charge in [-0.3, -0.25) is 9.59 Å². The third kappa shape index (κ3) is 4.81. The Hall–Kier alpha value is -2.60. The molecule has 1 fully saturated rings. The zero-order chi connectivity index (χ0) is 20.1. The maximum Gasteiger partial charge on any atom is 0.246 e. The van der Waals surface area contributed by atoms with E-state index < -0.39 is 0 Å². The minimum atomic E-state index is -0.00592. The molecule has 0 bridgehead atoms. The van der Waals surface area contributed by atoms with Gasteiger partial charge in [0.15, 0.2) is 5.78 Å². The summed E-state index contributed by atoms with van der Waals surface area (Å²) in [6.07, 6.45) is 3.39. The number of benzene rings is 2. The third-order valence-corrected chi connectivity index (χ3v) is 5.32. The van der Waals surface area contributed by atoms with E-state index in [2.05, 4.69) is 20.8 Å². The lowest BCUT2D eigenvalue weighted by molar-refractivity contribution is -0.126. The molecule has 146 valence electrons. The van der Waals surface area contributed by atoms with Gasteiger partial charge in [0.2, 0.25) is 5.91 Å². The molecule has 0 aromatic heterocycles. The second kappa shape index (κ2) is 9.06. The number of ether oxygens (including phenoxy) is 1. The first-order valence-corrected chi connectivity index (χ1v) is 9.93. The van der Waals surface area contributed by atoms with Gasteiger partial charge in [-0.1, -0.05) is 15.9 Å². The van der Waals surface area contributed by atoms with Crippen molar-refractivity contribution >= 4 is 39.4 Å². The van der Waals surface area contributed by atoms with E-state index in [0.717, 1.165) is 34.6 Å². The standard InChI is InChI=1S/C22H23BrN2O3/c1-16(26)17-3-7-20(8-4-17)24-11-13-25(14-12-24)22(27)10-5-18-15-19(23)6-9-21(18)28-2/h3-10,15H,11-14H2,1-2H3/b10-5+. The van der Waals surface area contributed by atoms with E-state index in [1.165, 1.54) is 0 Å². The average Bonchev–Trinajstić information content (AvgIpc) is 2.72. The lowest BCUT2D eigenvalue weighted by Gasteiger charge is -2.35. The van der Waals surface area contributed by atoms with Gasteiger partial charge < -0.3 is 14.5 Å². The SMILES string of the molecule is COc1ccc(Br)cc1/C=C/C(=O)N1CCN(c2ccc(C(C)=O)cc2)CC1. The Morgan fingerprint density at radius 1 is 1.04 bits per heavy atom. The normalized spacial score (nSPS) is 14.4. The van der Waals surface area contributed by atoms with Gasteiger partial charge in [-0.2, -0.15) is 0 Å². The molecule has 1 saturated heterocycles. The summed E-state index contributed by atoms with van der Waals surface area (Å²) in [5.41, 5.74) is 2.65. The number of anilines is 1. The molecule has 28 heavy (non-hydrogen) atoms. The lowest BCUT2D eigenvalue weighted by Crippen LogP contribution is -2.48. The Morgan fingerprint density at radius 3 is 2.32 bits per heavy atom. The van der Waals surface area contributed by atoms with E-state index in [9.17, 15) is 9.59 Å². The molecule has 1 aliphatic heterocycles. The summed E-state index contributed by atoms with van der Waals surface area (Å²) in [6, 6.07) is 13.3. The first-order valence-electron chi connectivity index (χ1n) is 9.14. The molecule has 0 radical (unpaired) electrons. The lowest BCUT2D eigenvalue weighted by atomic mass is 10.1. The van der Waals surface area contributed by atoms with E-state index in [1.54, 1.807) is 26.2 Å². The number of hydrogen-bond acceptors (Lipinski definition) is 4. The van der Waals surface area contributed by atoms with Crippen molar-refractivity contribution in [2.45, 2.75) is 6.92 Å².